The van der Waals surface area contributed by atoms with E-state index < -0.39 is 0 Å². The first-order valence-corrected chi connectivity index (χ1v) is 11.4. The summed E-state index contributed by atoms with van der Waals surface area (Å²) in [5.41, 5.74) is 6.59. The molecule has 3 fully saturated rings. The molecule has 0 spiro atoms. The minimum absolute atomic E-state index is 0.0396. The van der Waals surface area contributed by atoms with Crippen LogP contribution < -0.4 is 16.0 Å². The van der Waals surface area contributed by atoms with E-state index in [0.29, 0.717) is 18.4 Å². The molecule has 4 rings (SSSR count). The Kier molecular flexibility index (Phi) is 6.51. The number of amides is 2. The zero-order valence-electron chi connectivity index (χ0n) is 17.9. The Morgan fingerprint density at radius 3 is 2.57 bits per heavy atom. The number of unbranched alkanes of at least 4 members (excludes halogenated alkanes) is 1. The van der Waals surface area contributed by atoms with Gasteiger partial charge in [0.25, 0.3) is 0 Å². The van der Waals surface area contributed by atoms with Crippen LogP contribution in [0.3, 0.4) is 0 Å². The maximum absolute atomic E-state index is 12.7. The minimum atomic E-state index is -0.294. The van der Waals surface area contributed by atoms with Crippen molar-refractivity contribution >= 4 is 17.8 Å². The van der Waals surface area contributed by atoms with Gasteiger partial charge in [0.2, 0.25) is 17.8 Å². The average Bonchev–Trinajstić information content (AvgIpc) is 3.35. The predicted octanol–water partition coefficient (Wildman–Crippen LogP) is 0.951. The Bertz CT molecular complexity index is 764. The summed E-state index contributed by atoms with van der Waals surface area (Å²) < 4.78 is 0. The van der Waals surface area contributed by atoms with Gasteiger partial charge in [0.1, 0.15) is 0 Å². The second-order valence-electron chi connectivity index (χ2n) is 9.11. The summed E-state index contributed by atoms with van der Waals surface area (Å²) >= 11 is 0. The standard InChI is InChI=1S/C22H34N6O2/c1-15-6-8-25-22(26-15)28-12-10-27(11-13-28)9-3-2-7-24-21(30)19-17-5-4-16(14-17)18(19)20(23)29/h6,8,16-19H,2-5,7,9-14H2,1H3,(H2,23,29)(H,24,30)/t16-,17+,18+,19-/m1/s1. The summed E-state index contributed by atoms with van der Waals surface area (Å²) in [5, 5.41) is 3.08. The van der Waals surface area contributed by atoms with Gasteiger partial charge in [0.15, 0.2) is 0 Å². The van der Waals surface area contributed by atoms with Crippen LogP contribution in [0.4, 0.5) is 5.95 Å². The third kappa shape index (κ3) is 4.58. The molecule has 0 radical (unpaired) electrons. The fraction of sp³-hybridized carbons (Fsp3) is 0.727. The fourth-order valence-corrected chi connectivity index (χ4v) is 5.63. The maximum Gasteiger partial charge on any atom is 0.225 e. The Hall–Kier alpha value is -2.22. The van der Waals surface area contributed by atoms with Crippen LogP contribution in [0.5, 0.6) is 0 Å². The number of carbonyl (C=O) groups excluding carboxylic acids is 2. The van der Waals surface area contributed by atoms with Crippen molar-refractivity contribution < 1.29 is 9.59 Å². The molecule has 2 saturated carbocycles. The van der Waals surface area contributed by atoms with Crippen molar-refractivity contribution in [1.82, 2.24) is 20.2 Å². The Morgan fingerprint density at radius 1 is 1.13 bits per heavy atom. The van der Waals surface area contributed by atoms with Gasteiger partial charge in [-0.2, -0.15) is 0 Å². The van der Waals surface area contributed by atoms with Crippen LogP contribution in [-0.2, 0) is 9.59 Å². The lowest BCUT2D eigenvalue weighted by atomic mass is 9.78. The van der Waals surface area contributed by atoms with Crippen LogP contribution in [0, 0.1) is 30.6 Å². The number of primary amides is 1. The highest BCUT2D eigenvalue weighted by atomic mass is 16.2. The molecule has 1 aromatic rings. The first kappa shape index (κ1) is 21.0. The molecule has 2 aliphatic carbocycles. The van der Waals surface area contributed by atoms with E-state index in [0.717, 1.165) is 76.5 Å². The number of aryl methyl sites for hydroxylation is 1. The smallest absolute Gasteiger partial charge is 0.225 e. The summed E-state index contributed by atoms with van der Waals surface area (Å²) in [4.78, 5) is 38.1. The molecule has 30 heavy (non-hydrogen) atoms. The van der Waals surface area contributed by atoms with Crippen molar-refractivity contribution in [2.45, 2.75) is 39.0 Å². The molecular formula is C22H34N6O2. The number of piperazine rings is 1. The lowest BCUT2D eigenvalue weighted by molar-refractivity contribution is -0.135. The van der Waals surface area contributed by atoms with Crippen molar-refractivity contribution in [3.8, 4) is 0 Å². The number of carbonyl (C=O) groups is 2. The number of hydrogen-bond acceptors (Lipinski definition) is 6. The first-order valence-electron chi connectivity index (χ1n) is 11.4. The number of nitrogens with one attached hydrogen (secondary N) is 1. The number of anilines is 1. The largest absolute Gasteiger partial charge is 0.369 e. The summed E-state index contributed by atoms with van der Waals surface area (Å²) in [6.07, 6.45) is 6.93. The Labute approximate surface area is 178 Å². The number of aromatic nitrogens is 2. The van der Waals surface area contributed by atoms with E-state index in [2.05, 4.69) is 25.1 Å². The molecule has 3 aliphatic rings. The molecule has 2 amide bonds. The normalized spacial score (nSPS) is 28.6. The predicted molar refractivity (Wildman–Crippen MR) is 115 cm³/mol. The molecule has 2 bridgehead atoms. The monoisotopic (exact) mass is 414 g/mol. The number of hydrogen-bond donors (Lipinski definition) is 2. The number of nitrogens with zero attached hydrogens (tertiary/aromatic N) is 4. The van der Waals surface area contributed by atoms with Crippen LogP contribution in [-0.4, -0.2) is 66.0 Å². The van der Waals surface area contributed by atoms with Crippen LogP contribution >= 0.6 is 0 Å². The van der Waals surface area contributed by atoms with E-state index >= 15 is 0 Å². The van der Waals surface area contributed by atoms with Crippen LogP contribution in [0.2, 0.25) is 0 Å². The van der Waals surface area contributed by atoms with Gasteiger partial charge in [0.05, 0.1) is 11.8 Å². The second kappa shape index (κ2) is 9.29. The topological polar surface area (TPSA) is 104 Å². The number of nitrogens with two attached hydrogens (primary N) is 1. The third-order valence-corrected chi connectivity index (χ3v) is 7.19. The number of rotatable bonds is 8. The van der Waals surface area contributed by atoms with Crippen molar-refractivity contribution in [2.24, 2.45) is 29.4 Å². The van der Waals surface area contributed by atoms with Gasteiger partial charge in [-0.15, -0.1) is 0 Å². The van der Waals surface area contributed by atoms with Crippen molar-refractivity contribution in [2.75, 3.05) is 44.2 Å². The molecular weight excluding hydrogens is 380 g/mol. The third-order valence-electron chi connectivity index (χ3n) is 7.19. The van der Waals surface area contributed by atoms with E-state index in [1.54, 1.807) is 0 Å². The highest BCUT2D eigenvalue weighted by Gasteiger charge is 2.53. The molecule has 8 heteroatoms. The van der Waals surface area contributed by atoms with Crippen molar-refractivity contribution in [3.63, 3.8) is 0 Å². The maximum atomic E-state index is 12.7. The Morgan fingerprint density at radius 2 is 1.87 bits per heavy atom. The molecule has 1 saturated heterocycles. The van der Waals surface area contributed by atoms with Gasteiger partial charge < -0.3 is 16.0 Å². The lowest BCUT2D eigenvalue weighted by Gasteiger charge is -2.34. The van der Waals surface area contributed by atoms with Crippen molar-refractivity contribution in [3.05, 3.63) is 18.0 Å². The second-order valence-corrected chi connectivity index (χ2v) is 9.11. The summed E-state index contributed by atoms with van der Waals surface area (Å²) in [5.74, 6) is 0.798. The van der Waals surface area contributed by atoms with Crippen LogP contribution in [0.15, 0.2) is 12.3 Å². The number of fused-ring (bicyclic) bond motifs is 2. The average molecular weight is 415 g/mol. The van der Waals surface area contributed by atoms with Gasteiger partial charge in [0, 0.05) is 44.6 Å². The molecule has 8 nitrogen and oxygen atoms in total. The molecule has 1 aliphatic heterocycles. The van der Waals surface area contributed by atoms with Gasteiger partial charge >= 0.3 is 0 Å². The molecule has 0 aromatic carbocycles. The molecule has 164 valence electrons. The van der Waals surface area contributed by atoms with Gasteiger partial charge in [-0.25, -0.2) is 9.97 Å². The molecule has 4 atom stereocenters. The van der Waals surface area contributed by atoms with E-state index in [9.17, 15) is 9.59 Å². The summed E-state index contributed by atoms with van der Waals surface area (Å²) in [7, 11) is 0. The lowest BCUT2D eigenvalue weighted by Crippen LogP contribution is -2.47. The van der Waals surface area contributed by atoms with E-state index in [1.807, 2.05) is 19.2 Å². The summed E-state index contributed by atoms with van der Waals surface area (Å²) in [6.45, 7) is 7.61. The van der Waals surface area contributed by atoms with Gasteiger partial charge in [-0.3, -0.25) is 14.5 Å². The SMILES string of the molecule is Cc1ccnc(N2CCN(CCCCNC(=O)[C@@H]3[C@H]4CC[C@H](C4)[C@@H]3C(N)=O)CC2)n1. The molecule has 2 heterocycles. The minimum Gasteiger partial charge on any atom is -0.369 e. The van der Waals surface area contributed by atoms with E-state index in [-0.39, 0.29) is 23.7 Å². The molecule has 0 unspecified atom stereocenters. The summed E-state index contributed by atoms with van der Waals surface area (Å²) in [6, 6.07) is 1.92. The first-order chi connectivity index (χ1) is 14.5. The van der Waals surface area contributed by atoms with Gasteiger partial charge in [-0.1, -0.05) is 0 Å². The zero-order valence-corrected chi connectivity index (χ0v) is 17.9. The van der Waals surface area contributed by atoms with Crippen LogP contribution in [0.25, 0.3) is 0 Å². The highest BCUT2D eigenvalue weighted by molar-refractivity contribution is 5.88. The van der Waals surface area contributed by atoms with E-state index in [4.69, 9.17) is 5.73 Å². The fourth-order valence-electron chi connectivity index (χ4n) is 5.63. The Balaban J connectivity index is 1.13. The highest BCUT2D eigenvalue weighted by Crippen LogP contribution is 2.52. The molecule has 3 N–H and O–H groups in total. The van der Waals surface area contributed by atoms with Crippen molar-refractivity contribution in [1.29, 1.82) is 0 Å². The van der Waals surface area contributed by atoms with E-state index in [1.165, 1.54) is 0 Å². The molecule has 1 aromatic heterocycles. The zero-order chi connectivity index (χ0) is 21.1. The van der Waals surface area contributed by atoms with Crippen LogP contribution in [0.1, 0.15) is 37.8 Å². The quantitative estimate of drug-likeness (QED) is 0.614. The van der Waals surface area contributed by atoms with Gasteiger partial charge in [-0.05, 0) is 63.5 Å².